The number of ether oxygens (including phenoxy) is 1. The van der Waals surface area contributed by atoms with Gasteiger partial charge in [0.25, 0.3) is 0 Å². The molecule has 3 amide bonds. The summed E-state index contributed by atoms with van der Waals surface area (Å²) in [7, 11) is 1.29. The lowest BCUT2D eigenvalue weighted by atomic mass is 10.0. The molecule has 7 rings (SSSR count). The van der Waals surface area contributed by atoms with E-state index in [1.54, 1.807) is 18.0 Å². The lowest BCUT2D eigenvalue weighted by molar-refractivity contribution is -0.135. The molecule has 2 aliphatic rings. The first-order valence-electron chi connectivity index (χ1n) is 17.9. The Hall–Kier alpha value is -5.56. The molecule has 274 valence electrons. The summed E-state index contributed by atoms with van der Waals surface area (Å²) in [5.74, 6) is 1.13. The van der Waals surface area contributed by atoms with E-state index in [0.29, 0.717) is 24.7 Å². The van der Waals surface area contributed by atoms with Gasteiger partial charge < -0.3 is 30.0 Å². The molecule has 0 aliphatic carbocycles. The SMILES string of the molecule is COC(=O)N[C@H](C(=O)N1CCC[C@H]1c1ncc(-c2ccc(-c3ccc(-c4cnc([C@@H]5CCCN5C(=O)O)[nH]4)cc3)c(Sc3ccccc3)c2)[nH]1)C(C)C. The summed E-state index contributed by atoms with van der Waals surface area (Å²) in [5.41, 5.74) is 5.76. The number of nitrogens with one attached hydrogen (secondary N) is 3. The number of aromatic nitrogens is 4. The molecule has 0 bridgehead atoms. The molecule has 0 unspecified atom stereocenters. The van der Waals surface area contributed by atoms with Crippen LogP contribution in [0.4, 0.5) is 9.59 Å². The zero-order chi connectivity index (χ0) is 37.1. The summed E-state index contributed by atoms with van der Waals surface area (Å²) < 4.78 is 4.78. The first-order valence-corrected chi connectivity index (χ1v) is 18.7. The van der Waals surface area contributed by atoms with Crippen molar-refractivity contribution in [3.05, 3.63) is 96.8 Å². The lowest BCUT2D eigenvalue weighted by Gasteiger charge is -2.30. The Labute approximate surface area is 312 Å². The molecular weight excluding hydrogens is 691 g/mol. The van der Waals surface area contributed by atoms with Gasteiger partial charge >= 0.3 is 12.2 Å². The minimum Gasteiger partial charge on any atom is -0.465 e. The predicted octanol–water partition coefficient (Wildman–Crippen LogP) is 8.14. The summed E-state index contributed by atoms with van der Waals surface area (Å²) >= 11 is 1.69. The largest absolute Gasteiger partial charge is 0.465 e. The fourth-order valence-electron chi connectivity index (χ4n) is 7.24. The number of hydrogen-bond acceptors (Lipinski definition) is 7. The van der Waals surface area contributed by atoms with E-state index >= 15 is 0 Å². The molecule has 3 atom stereocenters. The van der Waals surface area contributed by atoms with Crippen molar-refractivity contribution in [3.63, 3.8) is 0 Å². The van der Waals surface area contributed by atoms with Gasteiger partial charge in [0.15, 0.2) is 0 Å². The molecule has 2 fully saturated rings. The summed E-state index contributed by atoms with van der Waals surface area (Å²) in [5, 5.41) is 12.3. The Bertz CT molecular complexity index is 2080. The van der Waals surface area contributed by atoms with E-state index in [-0.39, 0.29) is 23.9 Å². The van der Waals surface area contributed by atoms with Crippen LogP contribution in [0, 0.1) is 5.92 Å². The summed E-state index contributed by atoms with van der Waals surface area (Å²) in [6.07, 6.45) is 5.24. The summed E-state index contributed by atoms with van der Waals surface area (Å²) in [6.45, 7) is 4.91. The van der Waals surface area contributed by atoms with Gasteiger partial charge in [-0.2, -0.15) is 0 Å². The van der Waals surface area contributed by atoms with Gasteiger partial charge in [0.1, 0.15) is 17.7 Å². The van der Waals surface area contributed by atoms with Crippen molar-refractivity contribution in [1.82, 2.24) is 35.1 Å². The van der Waals surface area contributed by atoms with Crippen molar-refractivity contribution in [2.75, 3.05) is 20.2 Å². The number of hydrogen-bond donors (Lipinski definition) is 4. The van der Waals surface area contributed by atoms with Crippen molar-refractivity contribution in [2.24, 2.45) is 5.92 Å². The van der Waals surface area contributed by atoms with E-state index in [0.717, 1.165) is 69.1 Å². The quantitative estimate of drug-likeness (QED) is 0.112. The number of carboxylic acid groups (broad SMARTS) is 1. The topological polar surface area (TPSA) is 157 Å². The maximum atomic E-state index is 13.7. The second kappa shape index (κ2) is 15.6. The number of rotatable bonds is 10. The van der Waals surface area contributed by atoms with Crippen LogP contribution in [0.15, 0.2) is 95.0 Å². The first-order chi connectivity index (χ1) is 25.7. The molecular formula is C40H43N7O5S. The Balaban J connectivity index is 1.14. The number of alkyl carbamates (subject to hydrolysis) is 1. The lowest BCUT2D eigenvalue weighted by Crippen LogP contribution is -2.51. The molecule has 4 N–H and O–H groups in total. The number of aromatic amines is 2. The van der Waals surface area contributed by atoms with Crippen molar-refractivity contribution in [3.8, 4) is 33.6 Å². The molecule has 2 saturated heterocycles. The van der Waals surface area contributed by atoms with Gasteiger partial charge in [-0.1, -0.05) is 80.2 Å². The van der Waals surface area contributed by atoms with Crippen LogP contribution in [0.1, 0.15) is 63.3 Å². The van der Waals surface area contributed by atoms with Gasteiger partial charge in [-0.15, -0.1) is 0 Å². The van der Waals surface area contributed by atoms with E-state index < -0.39 is 18.2 Å². The van der Waals surface area contributed by atoms with E-state index in [1.165, 1.54) is 12.0 Å². The normalized spacial score (nSPS) is 17.7. The average molecular weight is 734 g/mol. The molecule has 2 aromatic heterocycles. The molecule has 4 heterocycles. The predicted molar refractivity (Wildman–Crippen MR) is 202 cm³/mol. The minimum absolute atomic E-state index is 0.114. The highest BCUT2D eigenvalue weighted by molar-refractivity contribution is 7.99. The van der Waals surface area contributed by atoms with Crippen LogP contribution in [0.3, 0.4) is 0 Å². The van der Waals surface area contributed by atoms with Crippen molar-refractivity contribution >= 4 is 29.9 Å². The molecule has 53 heavy (non-hydrogen) atoms. The van der Waals surface area contributed by atoms with Gasteiger partial charge in [-0.25, -0.2) is 19.6 Å². The number of imidazole rings is 2. The van der Waals surface area contributed by atoms with Gasteiger partial charge in [0.2, 0.25) is 5.91 Å². The Morgan fingerprint density at radius 1 is 0.830 bits per heavy atom. The molecule has 12 nitrogen and oxygen atoms in total. The number of amides is 3. The number of likely N-dealkylation sites (tertiary alicyclic amines) is 2. The number of H-pyrrole nitrogens is 2. The van der Waals surface area contributed by atoms with Gasteiger partial charge in [-0.3, -0.25) is 9.69 Å². The Morgan fingerprint density at radius 2 is 1.42 bits per heavy atom. The zero-order valence-corrected chi connectivity index (χ0v) is 30.7. The van der Waals surface area contributed by atoms with Crippen LogP contribution in [0.5, 0.6) is 0 Å². The number of nitrogens with zero attached hydrogens (tertiary/aromatic N) is 4. The Morgan fingerprint density at radius 3 is 2.04 bits per heavy atom. The van der Waals surface area contributed by atoms with Crippen molar-refractivity contribution in [2.45, 2.75) is 67.4 Å². The third kappa shape index (κ3) is 7.66. The van der Waals surface area contributed by atoms with E-state index in [4.69, 9.17) is 9.72 Å². The minimum atomic E-state index is -0.920. The standard InChI is InChI=1S/C40H43N7O5S/c1-24(2)35(45-39(49)52-3)38(48)46-19-7-11-32(46)36-42-23-31(44-36)27-17-18-29(34(21-27)53-28-9-5-4-6-10-28)25-13-15-26(16-14-25)30-22-41-37(43-30)33-12-8-20-47(33)40(50)51/h4-6,9-10,13-18,21-24,32-33,35H,7-8,11-12,19-20H2,1-3H3,(H,41,43)(H,42,44)(H,45,49)(H,50,51)/t32-,33-,35-/m0/s1. The molecule has 13 heteroatoms. The van der Waals surface area contributed by atoms with Gasteiger partial charge in [-0.05, 0) is 66.5 Å². The fourth-order valence-corrected chi connectivity index (χ4v) is 8.26. The third-order valence-electron chi connectivity index (χ3n) is 10.0. The van der Waals surface area contributed by atoms with Crippen LogP contribution in [0.2, 0.25) is 0 Å². The number of carbonyl (C=O) groups excluding carboxylic acids is 2. The zero-order valence-electron chi connectivity index (χ0n) is 29.9. The third-order valence-corrected chi connectivity index (χ3v) is 11.1. The summed E-state index contributed by atoms with van der Waals surface area (Å²) in [4.78, 5) is 59.0. The number of benzene rings is 3. The molecule has 2 aliphatic heterocycles. The molecule has 3 aromatic carbocycles. The van der Waals surface area contributed by atoms with Crippen LogP contribution >= 0.6 is 11.8 Å². The Kier molecular flexibility index (Phi) is 10.5. The van der Waals surface area contributed by atoms with Crippen LogP contribution in [0.25, 0.3) is 33.6 Å². The maximum absolute atomic E-state index is 13.7. The van der Waals surface area contributed by atoms with E-state index in [1.807, 2.05) is 43.1 Å². The number of methoxy groups -OCH3 is 1. The summed E-state index contributed by atoms with van der Waals surface area (Å²) in [6, 6.07) is 23.7. The van der Waals surface area contributed by atoms with E-state index in [2.05, 4.69) is 74.9 Å². The first kappa shape index (κ1) is 35.8. The average Bonchev–Trinajstić information content (AvgIpc) is 4.00. The maximum Gasteiger partial charge on any atom is 0.407 e. The van der Waals surface area contributed by atoms with Crippen molar-refractivity contribution in [1.29, 1.82) is 0 Å². The second-order valence-electron chi connectivity index (χ2n) is 13.7. The van der Waals surface area contributed by atoms with Crippen LogP contribution < -0.4 is 5.32 Å². The van der Waals surface area contributed by atoms with Gasteiger partial charge in [0.05, 0.1) is 43.0 Å². The van der Waals surface area contributed by atoms with Crippen LogP contribution in [-0.2, 0) is 9.53 Å². The smallest absolute Gasteiger partial charge is 0.407 e. The second-order valence-corrected chi connectivity index (χ2v) is 14.9. The molecule has 0 spiro atoms. The number of carbonyl (C=O) groups is 3. The van der Waals surface area contributed by atoms with Crippen LogP contribution in [-0.4, -0.2) is 79.2 Å². The highest BCUT2D eigenvalue weighted by Gasteiger charge is 2.37. The molecule has 0 radical (unpaired) electrons. The fraction of sp³-hybridized carbons (Fsp3) is 0.325. The van der Waals surface area contributed by atoms with Crippen molar-refractivity contribution < 1.29 is 24.2 Å². The monoisotopic (exact) mass is 733 g/mol. The van der Waals surface area contributed by atoms with E-state index in [9.17, 15) is 19.5 Å². The van der Waals surface area contributed by atoms with Gasteiger partial charge in [0, 0.05) is 28.4 Å². The highest BCUT2D eigenvalue weighted by atomic mass is 32.2. The molecule has 5 aromatic rings. The highest BCUT2D eigenvalue weighted by Crippen LogP contribution is 2.40. The molecule has 0 saturated carbocycles.